The van der Waals surface area contributed by atoms with Gasteiger partial charge in [0.2, 0.25) is 0 Å². The summed E-state index contributed by atoms with van der Waals surface area (Å²) in [5, 5.41) is 11.8. The molecule has 108 valence electrons. The number of carbonyl (C=O) groups excluding carboxylic acids is 1. The van der Waals surface area contributed by atoms with Crippen LogP contribution < -0.4 is 0 Å². The van der Waals surface area contributed by atoms with E-state index in [1.807, 2.05) is 0 Å². The molecule has 1 unspecified atom stereocenters. The molecule has 0 bridgehead atoms. The molecule has 5 nitrogen and oxygen atoms in total. The van der Waals surface area contributed by atoms with Gasteiger partial charge in [0.15, 0.2) is 0 Å². The van der Waals surface area contributed by atoms with E-state index in [1.54, 1.807) is 17.0 Å². The lowest BCUT2D eigenvalue weighted by molar-refractivity contribution is -0.385. The fourth-order valence-corrected chi connectivity index (χ4v) is 3.25. The summed E-state index contributed by atoms with van der Waals surface area (Å²) in [6.07, 6.45) is 4.09. The van der Waals surface area contributed by atoms with Crippen molar-refractivity contribution < 1.29 is 9.72 Å². The van der Waals surface area contributed by atoms with Crippen LogP contribution in [0.2, 0.25) is 0 Å². The first-order valence-corrected chi connectivity index (χ1v) is 7.87. The summed E-state index contributed by atoms with van der Waals surface area (Å²) in [6.45, 7) is 0.668. The topological polar surface area (TPSA) is 63.4 Å². The van der Waals surface area contributed by atoms with Gasteiger partial charge in [-0.15, -0.1) is 0 Å². The molecule has 1 amide bonds. The van der Waals surface area contributed by atoms with Crippen molar-refractivity contribution in [2.24, 2.45) is 0 Å². The van der Waals surface area contributed by atoms with Crippen LogP contribution in [0.5, 0.6) is 0 Å². The molecule has 2 rings (SSSR count). The smallest absolute Gasteiger partial charge is 0.282 e. The second kappa shape index (κ2) is 6.83. The lowest BCUT2D eigenvalue weighted by Gasteiger charge is -2.28. The summed E-state index contributed by atoms with van der Waals surface area (Å²) < 4.78 is 0. The molecule has 0 saturated carbocycles. The predicted octanol–water partition coefficient (Wildman–Crippen LogP) is 3.37. The molecule has 0 aromatic heterocycles. The number of nitrogens with zero attached hydrogens (tertiary/aromatic N) is 2. The van der Waals surface area contributed by atoms with Crippen molar-refractivity contribution in [1.29, 1.82) is 0 Å². The lowest BCUT2D eigenvalue weighted by atomic mass is 10.1. The SMILES string of the molecule is O=C(c1ccccc1[N+](=O)[O-])N1CCCCCC1CBr. The first kappa shape index (κ1) is 15.0. The van der Waals surface area contributed by atoms with Gasteiger partial charge in [-0.2, -0.15) is 0 Å². The number of para-hydroxylation sites is 1. The van der Waals surface area contributed by atoms with E-state index in [1.165, 1.54) is 12.1 Å². The van der Waals surface area contributed by atoms with Crippen molar-refractivity contribution in [3.8, 4) is 0 Å². The molecule has 1 aromatic rings. The van der Waals surface area contributed by atoms with Crippen LogP contribution in [0.15, 0.2) is 24.3 Å². The summed E-state index contributed by atoms with van der Waals surface area (Å²) >= 11 is 3.45. The number of likely N-dealkylation sites (tertiary alicyclic amines) is 1. The monoisotopic (exact) mass is 340 g/mol. The van der Waals surface area contributed by atoms with Gasteiger partial charge < -0.3 is 4.90 Å². The molecule has 1 aliphatic heterocycles. The Morgan fingerprint density at radius 1 is 1.35 bits per heavy atom. The maximum atomic E-state index is 12.6. The Kier molecular flexibility index (Phi) is 5.11. The van der Waals surface area contributed by atoms with Crippen molar-refractivity contribution in [2.45, 2.75) is 31.7 Å². The molecule has 0 spiro atoms. The second-order valence-electron chi connectivity index (χ2n) is 4.93. The van der Waals surface area contributed by atoms with Gasteiger partial charge in [-0.05, 0) is 18.9 Å². The minimum absolute atomic E-state index is 0.116. The van der Waals surface area contributed by atoms with Crippen LogP contribution in [-0.4, -0.2) is 33.6 Å². The van der Waals surface area contributed by atoms with E-state index < -0.39 is 4.92 Å². The molecule has 1 aliphatic rings. The number of nitro benzene ring substituents is 1. The minimum Gasteiger partial charge on any atom is -0.335 e. The van der Waals surface area contributed by atoms with Crippen LogP contribution in [0.4, 0.5) is 5.69 Å². The zero-order chi connectivity index (χ0) is 14.5. The average Bonchev–Trinajstić information content (AvgIpc) is 2.71. The van der Waals surface area contributed by atoms with Gasteiger partial charge in [-0.1, -0.05) is 40.9 Å². The Bertz CT molecular complexity index is 507. The summed E-state index contributed by atoms with van der Waals surface area (Å²) in [5.74, 6) is -0.233. The Morgan fingerprint density at radius 3 is 2.80 bits per heavy atom. The van der Waals surface area contributed by atoms with Gasteiger partial charge in [0, 0.05) is 24.0 Å². The molecule has 1 saturated heterocycles. The Hall–Kier alpha value is -1.43. The third-order valence-electron chi connectivity index (χ3n) is 3.65. The molecule has 0 radical (unpaired) electrons. The van der Waals surface area contributed by atoms with Crippen molar-refractivity contribution in [3.05, 3.63) is 39.9 Å². The number of carbonyl (C=O) groups is 1. The number of nitro groups is 1. The van der Waals surface area contributed by atoms with Crippen LogP contribution in [0, 0.1) is 10.1 Å². The summed E-state index contributed by atoms with van der Waals surface area (Å²) in [7, 11) is 0. The molecule has 1 atom stereocenters. The molecular weight excluding hydrogens is 324 g/mol. The molecule has 0 N–H and O–H groups in total. The van der Waals surface area contributed by atoms with Crippen LogP contribution in [0.25, 0.3) is 0 Å². The standard InChI is InChI=1S/C14H17BrN2O3/c15-10-11-6-2-1-5-9-16(11)14(18)12-7-3-4-8-13(12)17(19)20/h3-4,7-8,11H,1-2,5-6,9-10H2. The van der Waals surface area contributed by atoms with E-state index in [0.29, 0.717) is 11.9 Å². The summed E-state index contributed by atoms with van der Waals surface area (Å²) in [5.41, 5.74) is 0.0698. The van der Waals surface area contributed by atoms with Crippen molar-refractivity contribution >= 4 is 27.5 Å². The van der Waals surface area contributed by atoms with Gasteiger partial charge in [-0.3, -0.25) is 14.9 Å². The van der Waals surface area contributed by atoms with Gasteiger partial charge in [0.25, 0.3) is 11.6 Å². The quantitative estimate of drug-likeness (QED) is 0.481. The maximum Gasteiger partial charge on any atom is 0.282 e. The molecule has 0 aliphatic carbocycles. The van der Waals surface area contributed by atoms with Gasteiger partial charge >= 0.3 is 0 Å². The van der Waals surface area contributed by atoms with Gasteiger partial charge in [0.05, 0.1) is 4.92 Å². The van der Waals surface area contributed by atoms with Crippen molar-refractivity contribution in [3.63, 3.8) is 0 Å². The predicted molar refractivity (Wildman–Crippen MR) is 80.2 cm³/mol. The van der Waals surface area contributed by atoms with Gasteiger partial charge in [0.1, 0.15) is 5.56 Å². The van der Waals surface area contributed by atoms with Crippen LogP contribution in [0.3, 0.4) is 0 Å². The van der Waals surface area contributed by atoms with E-state index in [-0.39, 0.29) is 23.2 Å². The van der Waals surface area contributed by atoms with Crippen LogP contribution in [-0.2, 0) is 0 Å². The highest BCUT2D eigenvalue weighted by Gasteiger charge is 2.29. The first-order chi connectivity index (χ1) is 9.65. The van der Waals surface area contributed by atoms with E-state index >= 15 is 0 Å². The average molecular weight is 341 g/mol. The number of alkyl halides is 1. The summed E-state index contributed by atoms with van der Waals surface area (Å²) in [6, 6.07) is 6.29. The number of rotatable bonds is 3. The Balaban J connectivity index is 2.31. The fourth-order valence-electron chi connectivity index (χ4n) is 2.57. The molecule has 1 heterocycles. The Morgan fingerprint density at radius 2 is 2.10 bits per heavy atom. The molecule has 1 fully saturated rings. The fraction of sp³-hybridized carbons (Fsp3) is 0.500. The van der Waals surface area contributed by atoms with E-state index in [0.717, 1.165) is 25.7 Å². The molecule has 1 aromatic carbocycles. The Labute approximate surface area is 126 Å². The van der Waals surface area contributed by atoms with Crippen LogP contribution in [0.1, 0.15) is 36.0 Å². The normalized spacial score (nSPS) is 19.4. The van der Waals surface area contributed by atoms with E-state index in [2.05, 4.69) is 15.9 Å². The number of benzene rings is 1. The number of hydrogen-bond donors (Lipinski definition) is 0. The molecule has 6 heteroatoms. The maximum absolute atomic E-state index is 12.6. The van der Waals surface area contributed by atoms with Gasteiger partial charge in [-0.25, -0.2) is 0 Å². The number of hydrogen-bond acceptors (Lipinski definition) is 3. The summed E-state index contributed by atoms with van der Waals surface area (Å²) in [4.78, 5) is 25.0. The highest BCUT2D eigenvalue weighted by Crippen LogP contribution is 2.24. The van der Waals surface area contributed by atoms with Crippen molar-refractivity contribution in [1.82, 2.24) is 4.90 Å². The minimum atomic E-state index is -0.492. The van der Waals surface area contributed by atoms with Crippen molar-refractivity contribution in [2.75, 3.05) is 11.9 Å². The third-order valence-corrected chi connectivity index (χ3v) is 4.39. The highest BCUT2D eigenvalue weighted by atomic mass is 79.9. The van der Waals surface area contributed by atoms with E-state index in [4.69, 9.17) is 0 Å². The zero-order valence-electron chi connectivity index (χ0n) is 11.1. The third kappa shape index (κ3) is 3.17. The largest absolute Gasteiger partial charge is 0.335 e. The van der Waals surface area contributed by atoms with E-state index in [9.17, 15) is 14.9 Å². The molecule has 20 heavy (non-hydrogen) atoms. The first-order valence-electron chi connectivity index (χ1n) is 6.75. The second-order valence-corrected chi connectivity index (χ2v) is 5.58. The zero-order valence-corrected chi connectivity index (χ0v) is 12.7. The molecular formula is C14H17BrN2O3. The lowest BCUT2D eigenvalue weighted by Crippen LogP contribution is -2.41. The number of amides is 1. The number of halogens is 1. The highest BCUT2D eigenvalue weighted by molar-refractivity contribution is 9.09. The van der Waals surface area contributed by atoms with Crippen LogP contribution >= 0.6 is 15.9 Å².